The number of nitrogens with two attached hydrogens (primary N) is 1. The number of hydrogen-bond acceptors (Lipinski definition) is 4. The van der Waals surface area contributed by atoms with Gasteiger partial charge in [-0.2, -0.15) is 0 Å². The van der Waals surface area contributed by atoms with Gasteiger partial charge in [-0.15, -0.1) is 0 Å². The van der Waals surface area contributed by atoms with Crippen molar-refractivity contribution in [3.8, 4) is 0 Å². The van der Waals surface area contributed by atoms with Crippen molar-refractivity contribution in [1.29, 1.82) is 0 Å². The third kappa shape index (κ3) is 4.58. The molecule has 1 aliphatic rings. The minimum absolute atomic E-state index is 0.0767. The number of carbonyl (C=O) groups is 1. The van der Waals surface area contributed by atoms with Crippen LogP contribution in [0.2, 0.25) is 0 Å². The Labute approximate surface area is 85.2 Å². The van der Waals surface area contributed by atoms with E-state index in [-0.39, 0.29) is 12.1 Å². The van der Waals surface area contributed by atoms with Crippen molar-refractivity contribution in [3.63, 3.8) is 0 Å². The van der Waals surface area contributed by atoms with Crippen LogP contribution in [0.5, 0.6) is 0 Å². The first-order valence-electron chi connectivity index (χ1n) is 5.43. The fourth-order valence-corrected chi connectivity index (χ4v) is 1.58. The second kappa shape index (κ2) is 6.79. The van der Waals surface area contributed by atoms with Crippen LogP contribution in [-0.4, -0.2) is 31.7 Å². The minimum Gasteiger partial charge on any atom is -0.461 e. The predicted molar refractivity (Wildman–Crippen MR) is 54.9 cm³/mol. The molecule has 0 aromatic rings. The zero-order valence-corrected chi connectivity index (χ0v) is 8.63. The fourth-order valence-electron chi connectivity index (χ4n) is 1.58. The van der Waals surface area contributed by atoms with Crippen LogP contribution in [0.3, 0.4) is 0 Å². The maximum atomic E-state index is 11.3. The number of ether oxygens (including phenoxy) is 1. The number of hydrogen-bond donors (Lipinski definition) is 2. The van der Waals surface area contributed by atoms with Crippen molar-refractivity contribution in [3.05, 3.63) is 0 Å². The molecule has 4 heteroatoms. The second-order valence-corrected chi connectivity index (χ2v) is 3.70. The molecular formula is C10H20N2O2. The molecule has 1 fully saturated rings. The van der Waals surface area contributed by atoms with Crippen LogP contribution >= 0.6 is 0 Å². The highest BCUT2D eigenvalue weighted by molar-refractivity contribution is 5.69. The molecule has 0 aromatic heterocycles. The Kier molecular flexibility index (Phi) is 5.56. The van der Waals surface area contributed by atoms with Gasteiger partial charge in [0.1, 0.15) is 6.10 Å². The number of carbonyl (C=O) groups excluding carboxylic acids is 1. The van der Waals surface area contributed by atoms with Crippen molar-refractivity contribution < 1.29 is 9.53 Å². The van der Waals surface area contributed by atoms with E-state index in [2.05, 4.69) is 5.32 Å². The van der Waals surface area contributed by atoms with Gasteiger partial charge in [0.25, 0.3) is 0 Å². The number of rotatable bonds is 5. The molecular weight excluding hydrogens is 180 g/mol. The van der Waals surface area contributed by atoms with Gasteiger partial charge in [-0.25, -0.2) is 0 Å². The van der Waals surface area contributed by atoms with E-state index in [4.69, 9.17) is 10.5 Å². The van der Waals surface area contributed by atoms with E-state index < -0.39 is 0 Å². The monoisotopic (exact) mass is 200 g/mol. The summed E-state index contributed by atoms with van der Waals surface area (Å²) in [6, 6.07) is 0. The molecule has 1 rings (SSSR count). The standard InChI is InChI=1S/C10H20N2O2/c11-6-2-1-5-10(13)14-9-4-3-7-12-8-9/h9,12H,1-8,11H2. The van der Waals surface area contributed by atoms with Crippen LogP contribution in [0.25, 0.3) is 0 Å². The maximum Gasteiger partial charge on any atom is 0.306 e. The van der Waals surface area contributed by atoms with Gasteiger partial charge in [-0.3, -0.25) is 4.79 Å². The Morgan fingerprint density at radius 2 is 2.36 bits per heavy atom. The Hall–Kier alpha value is -0.610. The lowest BCUT2D eigenvalue weighted by molar-refractivity contribution is -0.149. The highest BCUT2D eigenvalue weighted by Gasteiger charge is 2.16. The Balaban J connectivity index is 2.06. The smallest absolute Gasteiger partial charge is 0.306 e. The highest BCUT2D eigenvalue weighted by Crippen LogP contribution is 2.08. The van der Waals surface area contributed by atoms with Crippen LogP contribution in [0, 0.1) is 0 Å². The molecule has 4 nitrogen and oxygen atoms in total. The lowest BCUT2D eigenvalue weighted by Crippen LogP contribution is -2.36. The Bertz CT molecular complexity index is 168. The fraction of sp³-hybridized carbons (Fsp3) is 0.900. The number of esters is 1. The topological polar surface area (TPSA) is 64.4 Å². The van der Waals surface area contributed by atoms with Gasteiger partial charge >= 0.3 is 5.97 Å². The second-order valence-electron chi connectivity index (χ2n) is 3.70. The summed E-state index contributed by atoms with van der Waals surface area (Å²) in [6.45, 7) is 2.50. The number of unbranched alkanes of at least 4 members (excludes halogenated alkanes) is 1. The molecule has 0 saturated carbocycles. The van der Waals surface area contributed by atoms with Gasteiger partial charge < -0.3 is 15.8 Å². The molecule has 1 aliphatic heterocycles. The van der Waals surface area contributed by atoms with Crippen molar-refractivity contribution in [2.45, 2.75) is 38.2 Å². The van der Waals surface area contributed by atoms with Gasteiger partial charge in [-0.1, -0.05) is 0 Å². The summed E-state index contributed by atoms with van der Waals surface area (Å²) in [4.78, 5) is 11.3. The molecule has 0 radical (unpaired) electrons. The first-order valence-corrected chi connectivity index (χ1v) is 5.43. The number of nitrogens with one attached hydrogen (secondary N) is 1. The zero-order chi connectivity index (χ0) is 10.2. The average molecular weight is 200 g/mol. The van der Waals surface area contributed by atoms with Crippen molar-refractivity contribution in [2.24, 2.45) is 5.73 Å². The number of piperidine rings is 1. The average Bonchev–Trinajstić information content (AvgIpc) is 2.20. The molecule has 0 spiro atoms. The molecule has 3 N–H and O–H groups in total. The quantitative estimate of drug-likeness (QED) is 0.498. The maximum absolute atomic E-state index is 11.3. The van der Waals surface area contributed by atoms with Crippen LogP contribution in [0.15, 0.2) is 0 Å². The molecule has 0 aromatic carbocycles. The molecule has 14 heavy (non-hydrogen) atoms. The van der Waals surface area contributed by atoms with Crippen LogP contribution in [-0.2, 0) is 9.53 Å². The summed E-state index contributed by atoms with van der Waals surface area (Å²) in [5.41, 5.74) is 5.34. The Morgan fingerprint density at radius 3 is 3.00 bits per heavy atom. The highest BCUT2D eigenvalue weighted by atomic mass is 16.5. The van der Waals surface area contributed by atoms with E-state index in [1.54, 1.807) is 0 Å². The predicted octanol–water partition coefficient (Wildman–Crippen LogP) is 0.411. The van der Waals surface area contributed by atoms with Gasteiger partial charge in [0.05, 0.1) is 0 Å². The van der Waals surface area contributed by atoms with E-state index in [0.717, 1.165) is 38.8 Å². The van der Waals surface area contributed by atoms with E-state index in [1.807, 2.05) is 0 Å². The molecule has 0 bridgehead atoms. The van der Waals surface area contributed by atoms with Crippen molar-refractivity contribution >= 4 is 5.97 Å². The molecule has 1 atom stereocenters. The lowest BCUT2D eigenvalue weighted by atomic mass is 10.1. The van der Waals surface area contributed by atoms with Crippen LogP contribution in [0.1, 0.15) is 32.1 Å². The zero-order valence-electron chi connectivity index (χ0n) is 8.63. The molecule has 0 aliphatic carbocycles. The van der Waals surface area contributed by atoms with Gasteiger partial charge in [0, 0.05) is 13.0 Å². The first-order chi connectivity index (χ1) is 6.83. The van der Waals surface area contributed by atoms with Crippen LogP contribution in [0.4, 0.5) is 0 Å². The minimum atomic E-state index is -0.0767. The first kappa shape index (κ1) is 11.5. The van der Waals surface area contributed by atoms with Gasteiger partial charge in [0.15, 0.2) is 0 Å². The molecule has 1 unspecified atom stereocenters. The van der Waals surface area contributed by atoms with Gasteiger partial charge in [-0.05, 0) is 38.8 Å². The van der Waals surface area contributed by atoms with Crippen molar-refractivity contribution in [2.75, 3.05) is 19.6 Å². The summed E-state index contributed by atoms with van der Waals surface area (Å²) in [7, 11) is 0. The van der Waals surface area contributed by atoms with Gasteiger partial charge in [0.2, 0.25) is 0 Å². The molecule has 0 amide bonds. The summed E-state index contributed by atoms with van der Waals surface area (Å²) in [5, 5.41) is 3.21. The summed E-state index contributed by atoms with van der Waals surface area (Å²) < 4.78 is 5.30. The largest absolute Gasteiger partial charge is 0.461 e. The van der Waals surface area contributed by atoms with E-state index in [0.29, 0.717) is 13.0 Å². The van der Waals surface area contributed by atoms with E-state index in [1.165, 1.54) is 0 Å². The third-order valence-corrected chi connectivity index (χ3v) is 2.38. The Morgan fingerprint density at radius 1 is 1.50 bits per heavy atom. The molecule has 1 heterocycles. The summed E-state index contributed by atoms with van der Waals surface area (Å²) in [5.74, 6) is -0.0767. The third-order valence-electron chi connectivity index (χ3n) is 2.38. The van der Waals surface area contributed by atoms with Crippen molar-refractivity contribution in [1.82, 2.24) is 5.32 Å². The van der Waals surface area contributed by atoms with E-state index in [9.17, 15) is 4.79 Å². The normalized spacial score (nSPS) is 21.9. The SMILES string of the molecule is NCCCCC(=O)OC1CCCNC1. The summed E-state index contributed by atoms with van der Waals surface area (Å²) in [6.07, 6.45) is 4.44. The van der Waals surface area contributed by atoms with Crippen LogP contribution < -0.4 is 11.1 Å². The lowest BCUT2D eigenvalue weighted by Gasteiger charge is -2.22. The molecule has 1 saturated heterocycles. The molecule has 82 valence electrons. The summed E-state index contributed by atoms with van der Waals surface area (Å²) >= 11 is 0. The van der Waals surface area contributed by atoms with E-state index >= 15 is 0 Å².